The van der Waals surface area contributed by atoms with Gasteiger partial charge < -0.3 is 20.3 Å². The maximum absolute atomic E-state index is 11.8. The first-order valence-corrected chi connectivity index (χ1v) is 6.89. The lowest BCUT2D eigenvalue weighted by Gasteiger charge is -2.10. The molecule has 7 nitrogen and oxygen atoms in total. The van der Waals surface area contributed by atoms with Crippen molar-refractivity contribution < 1.29 is 14.7 Å². The largest absolute Gasteiger partial charge is 0.478 e. The first kappa shape index (κ1) is 15.0. The molecule has 110 valence electrons. The van der Waals surface area contributed by atoms with Crippen molar-refractivity contribution >= 4 is 33.6 Å². The van der Waals surface area contributed by atoms with Crippen molar-refractivity contribution in [1.29, 1.82) is 0 Å². The topological polar surface area (TPSA) is 96.3 Å². The summed E-state index contributed by atoms with van der Waals surface area (Å²) in [5.41, 5.74) is 0.264. The summed E-state index contributed by atoms with van der Waals surface area (Å²) in [5, 5.41) is 14.2. The smallest absolute Gasteiger partial charge is 0.337 e. The van der Waals surface area contributed by atoms with Crippen LogP contribution in [0.15, 0.2) is 41.4 Å². The highest BCUT2D eigenvalue weighted by atomic mass is 79.9. The van der Waals surface area contributed by atoms with E-state index >= 15 is 0 Å². The van der Waals surface area contributed by atoms with E-state index in [4.69, 9.17) is 5.11 Å². The number of hydrogen-bond donors (Lipinski definition) is 3. The van der Waals surface area contributed by atoms with Crippen molar-refractivity contribution in [3.05, 3.63) is 47.0 Å². The third-order valence-corrected chi connectivity index (χ3v) is 3.17. The van der Waals surface area contributed by atoms with Crippen molar-refractivity contribution in [2.45, 2.75) is 6.54 Å². The van der Waals surface area contributed by atoms with Crippen LogP contribution in [0.2, 0.25) is 0 Å². The number of amides is 2. The van der Waals surface area contributed by atoms with Gasteiger partial charge in [-0.05, 0) is 18.2 Å². The molecule has 21 heavy (non-hydrogen) atoms. The van der Waals surface area contributed by atoms with Gasteiger partial charge in [-0.2, -0.15) is 0 Å². The molecule has 0 saturated heterocycles. The summed E-state index contributed by atoms with van der Waals surface area (Å²) in [6.07, 6.45) is 5.09. The Bertz CT molecular complexity index is 643. The lowest BCUT2D eigenvalue weighted by molar-refractivity contribution is 0.0698. The quantitative estimate of drug-likeness (QED) is 0.768. The number of aromatic nitrogens is 2. The number of urea groups is 1. The van der Waals surface area contributed by atoms with Gasteiger partial charge in [0.05, 0.1) is 17.6 Å². The van der Waals surface area contributed by atoms with Crippen molar-refractivity contribution in [3.8, 4) is 0 Å². The summed E-state index contributed by atoms with van der Waals surface area (Å²) in [6.45, 7) is 0.982. The number of benzene rings is 1. The fourth-order valence-electron chi connectivity index (χ4n) is 1.69. The number of imidazole rings is 1. The van der Waals surface area contributed by atoms with Gasteiger partial charge >= 0.3 is 12.0 Å². The number of carbonyl (C=O) groups excluding carboxylic acids is 1. The molecule has 0 saturated carbocycles. The Hall–Kier alpha value is -2.35. The van der Waals surface area contributed by atoms with Gasteiger partial charge in [0.2, 0.25) is 0 Å². The van der Waals surface area contributed by atoms with E-state index in [1.807, 2.05) is 4.57 Å². The molecule has 2 aromatic rings. The Morgan fingerprint density at radius 3 is 2.86 bits per heavy atom. The number of aromatic carboxylic acids is 1. The van der Waals surface area contributed by atoms with Crippen molar-refractivity contribution in [2.24, 2.45) is 0 Å². The van der Waals surface area contributed by atoms with Crippen molar-refractivity contribution in [2.75, 3.05) is 11.9 Å². The predicted octanol–water partition coefficient (Wildman–Crippen LogP) is 2.17. The third-order valence-electron chi connectivity index (χ3n) is 2.67. The normalized spacial score (nSPS) is 10.1. The van der Waals surface area contributed by atoms with Crippen LogP contribution in [0.1, 0.15) is 10.4 Å². The van der Waals surface area contributed by atoms with Gasteiger partial charge in [0.1, 0.15) is 0 Å². The molecule has 2 amide bonds. The standard InChI is InChI=1S/C13H13BrN4O3/c14-9-1-2-10(12(19)20)11(7-9)17-13(21)16-4-6-18-5-3-15-8-18/h1-3,5,7-8H,4,6H2,(H,19,20)(H2,16,17,21). The van der Waals surface area contributed by atoms with Crippen LogP contribution in [0.4, 0.5) is 10.5 Å². The lowest BCUT2D eigenvalue weighted by Crippen LogP contribution is -2.31. The Morgan fingerprint density at radius 2 is 2.19 bits per heavy atom. The van der Waals surface area contributed by atoms with E-state index in [1.54, 1.807) is 30.9 Å². The number of hydrogen-bond acceptors (Lipinski definition) is 3. The lowest BCUT2D eigenvalue weighted by atomic mass is 10.2. The molecule has 8 heteroatoms. The monoisotopic (exact) mass is 352 g/mol. The summed E-state index contributed by atoms with van der Waals surface area (Å²) in [5.74, 6) is -1.10. The zero-order valence-electron chi connectivity index (χ0n) is 10.9. The number of carbonyl (C=O) groups is 2. The number of carboxylic acids is 1. The van der Waals surface area contributed by atoms with E-state index < -0.39 is 12.0 Å². The van der Waals surface area contributed by atoms with Gasteiger partial charge in [-0.3, -0.25) is 0 Å². The SMILES string of the molecule is O=C(NCCn1ccnc1)Nc1cc(Br)ccc1C(=O)O. The highest BCUT2D eigenvalue weighted by Crippen LogP contribution is 2.21. The Labute approximate surface area is 129 Å². The molecule has 3 N–H and O–H groups in total. The second kappa shape index (κ2) is 6.89. The number of rotatable bonds is 5. The molecule has 2 rings (SSSR count). The maximum atomic E-state index is 11.8. The molecule has 0 unspecified atom stereocenters. The molecule has 0 aliphatic rings. The van der Waals surface area contributed by atoms with E-state index in [0.717, 1.165) is 0 Å². The number of carboxylic acid groups (broad SMARTS) is 1. The summed E-state index contributed by atoms with van der Waals surface area (Å²) in [4.78, 5) is 26.8. The number of nitrogens with zero attached hydrogens (tertiary/aromatic N) is 2. The molecule has 1 heterocycles. The average Bonchev–Trinajstić information content (AvgIpc) is 2.91. The molecule has 0 aliphatic carbocycles. The van der Waals surface area contributed by atoms with Gasteiger partial charge in [-0.25, -0.2) is 14.6 Å². The molecular formula is C13H13BrN4O3. The molecule has 0 spiro atoms. The number of nitrogens with one attached hydrogen (secondary N) is 2. The minimum atomic E-state index is -1.10. The number of halogens is 1. The Morgan fingerprint density at radius 1 is 1.38 bits per heavy atom. The first-order valence-electron chi connectivity index (χ1n) is 6.09. The van der Waals surface area contributed by atoms with Gasteiger partial charge in [0.25, 0.3) is 0 Å². The summed E-state index contributed by atoms with van der Waals surface area (Å²) in [6, 6.07) is 4.11. The zero-order valence-corrected chi connectivity index (χ0v) is 12.5. The van der Waals surface area contributed by atoms with Gasteiger partial charge in [-0.1, -0.05) is 15.9 Å². The maximum Gasteiger partial charge on any atom is 0.337 e. The minimum Gasteiger partial charge on any atom is -0.478 e. The van der Waals surface area contributed by atoms with E-state index in [0.29, 0.717) is 17.6 Å². The second-order valence-electron chi connectivity index (χ2n) is 4.18. The summed E-state index contributed by atoms with van der Waals surface area (Å²) >= 11 is 3.24. The van der Waals surface area contributed by atoms with Crippen LogP contribution in [-0.2, 0) is 6.54 Å². The fraction of sp³-hybridized carbons (Fsp3) is 0.154. The summed E-state index contributed by atoms with van der Waals surface area (Å²) < 4.78 is 2.50. The molecule has 1 aromatic heterocycles. The van der Waals surface area contributed by atoms with E-state index in [2.05, 4.69) is 31.5 Å². The van der Waals surface area contributed by atoms with Gasteiger partial charge in [-0.15, -0.1) is 0 Å². The second-order valence-corrected chi connectivity index (χ2v) is 5.09. The van der Waals surface area contributed by atoms with Gasteiger partial charge in [0.15, 0.2) is 0 Å². The van der Waals surface area contributed by atoms with Crippen LogP contribution >= 0.6 is 15.9 Å². The average molecular weight is 353 g/mol. The number of anilines is 1. The van der Waals surface area contributed by atoms with Crippen LogP contribution in [0, 0.1) is 0 Å². The van der Waals surface area contributed by atoms with E-state index in [-0.39, 0.29) is 11.3 Å². The van der Waals surface area contributed by atoms with E-state index in [9.17, 15) is 9.59 Å². The minimum absolute atomic E-state index is 0.0305. The zero-order chi connectivity index (χ0) is 15.2. The molecule has 0 bridgehead atoms. The highest BCUT2D eigenvalue weighted by Gasteiger charge is 2.12. The Kier molecular flexibility index (Phi) is 4.94. The first-order chi connectivity index (χ1) is 10.1. The van der Waals surface area contributed by atoms with Crippen LogP contribution in [0.3, 0.4) is 0 Å². The molecule has 0 radical (unpaired) electrons. The molecule has 0 fully saturated rings. The fourth-order valence-corrected chi connectivity index (χ4v) is 2.05. The molecule has 0 atom stereocenters. The van der Waals surface area contributed by atoms with Crippen LogP contribution < -0.4 is 10.6 Å². The molecule has 0 aliphatic heterocycles. The van der Waals surface area contributed by atoms with E-state index in [1.165, 1.54) is 6.07 Å². The molecular weight excluding hydrogens is 340 g/mol. The summed E-state index contributed by atoms with van der Waals surface area (Å²) in [7, 11) is 0. The van der Waals surface area contributed by atoms with Crippen LogP contribution in [-0.4, -0.2) is 33.2 Å². The van der Waals surface area contributed by atoms with Crippen LogP contribution in [0.5, 0.6) is 0 Å². The van der Waals surface area contributed by atoms with Gasteiger partial charge in [0, 0.05) is 30.0 Å². The highest BCUT2D eigenvalue weighted by molar-refractivity contribution is 9.10. The third kappa shape index (κ3) is 4.32. The Balaban J connectivity index is 1.93. The van der Waals surface area contributed by atoms with Crippen molar-refractivity contribution in [1.82, 2.24) is 14.9 Å². The van der Waals surface area contributed by atoms with Crippen LogP contribution in [0.25, 0.3) is 0 Å². The molecule has 1 aromatic carbocycles. The predicted molar refractivity (Wildman–Crippen MR) is 80.3 cm³/mol. The van der Waals surface area contributed by atoms with Crippen molar-refractivity contribution in [3.63, 3.8) is 0 Å².